The maximum Gasteiger partial charge on any atom is 0.374 e. The first-order valence-electron chi connectivity index (χ1n) is 11.1. The molecule has 0 saturated carbocycles. The number of hydrogen-bond donors (Lipinski definition) is 2. The summed E-state index contributed by atoms with van der Waals surface area (Å²) < 4.78 is 30.0. The van der Waals surface area contributed by atoms with Crippen LogP contribution >= 0.6 is 0 Å². The van der Waals surface area contributed by atoms with Crippen LogP contribution in [0, 0.1) is 5.82 Å². The topological polar surface area (TPSA) is 115 Å². The molecule has 0 fully saturated rings. The zero-order chi connectivity index (χ0) is 25.2. The maximum absolute atomic E-state index is 13.0. The van der Waals surface area contributed by atoms with Crippen molar-refractivity contribution in [2.45, 2.75) is 19.1 Å². The Bertz CT molecular complexity index is 1530. The van der Waals surface area contributed by atoms with E-state index in [0.29, 0.717) is 25.4 Å². The Hall–Kier alpha value is -4.50. The number of amides is 1. The molecule has 1 aliphatic rings. The van der Waals surface area contributed by atoms with Gasteiger partial charge < -0.3 is 24.3 Å². The number of halogens is 1. The summed E-state index contributed by atoms with van der Waals surface area (Å²) in [5.74, 6) is -2.47. The minimum absolute atomic E-state index is 0.111. The number of rotatable bonds is 7. The zero-order valence-electron chi connectivity index (χ0n) is 18.8. The first-order chi connectivity index (χ1) is 17.4. The molecule has 8 nitrogen and oxygen atoms in total. The maximum atomic E-state index is 13.0. The molecule has 2 heterocycles. The molecule has 0 radical (unpaired) electrons. The molecular formula is C27H20FNO7. The van der Waals surface area contributed by atoms with Crippen LogP contribution in [0.3, 0.4) is 0 Å². The van der Waals surface area contributed by atoms with E-state index >= 15 is 0 Å². The van der Waals surface area contributed by atoms with Crippen LogP contribution in [0.2, 0.25) is 0 Å². The Balaban J connectivity index is 1.28. The van der Waals surface area contributed by atoms with Crippen LogP contribution < -0.4 is 15.5 Å². The third kappa shape index (κ3) is 4.69. The van der Waals surface area contributed by atoms with Crippen LogP contribution in [0.5, 0.6) is 5.75 Å². The van der Waals surface area contributed by atoms with Crippen molar-refractivity contribution in [1.29, 1.82) is 0 Å². The van der Waals surface area contributed by atoms with Crippen molar-refractivity contribution in [1.82, 2.24) is 0 Å². The van der Waals surface area contributed by atoms with Crippen molar-refractivity contribution in [3.63, 3.8) is 0 Å². The Labute approximate surface area is 203 Å². The molecule has 9 heteroatoms. The number of nitrogens with one attached hydrogen (secondary N) is 1. The molecule has 1 unspecified atom stereocenters. The summed E-state index contributed by atoms with van der Waals surface area (Å²) in [4.78, 5) is 37.5. The van der Waals surface area contributed by atoms with E-state index in [9.17, 15) is 23.9 Å². The lowest BCUT2D eigenvalue weighted by Gasteiger charge is -2.11. The number of aromatic carboxylic acids is 1. The number of benzene rings is 3. The average molecular weight is 489 g/mol. The van der Waals surface area contributed by atoms with Crippen LogP contribution in [0.25, 0.3) is 11.0 Å². The normalized spacial score (nSPS) is 14.3. The van der Waals surface area contributed by atoms with E-state index in [1.807, 2.05) is 0 Å². The minimum Gasteiger partial charge on any atom is -0.487 e. The number of fused-ring (bicyclic) bond motifs is 2. The quantitative estimate of drug-likeness (QED) is 0.395. The van der Waals surface area contributed by atoms with Gasteiger partial charge in [0.25, 0.3) is 5.91 Å². The van der Waals surface area contributed by atoms with Gasteiger partial charge in [-0.15, -0.1) is 0 Å². The van der Waals surface area contributed by atoms with Crippen molar-refractivity contribution in [2.75, 3.05) is 11.9 Å². The number of carboxylic acids is 1. The third-order valence-electron chi connectivity index (χ3n) is 5.78. The van der Waals surface area contributed by atoms with Crippen LogP contribution in [0.1, 0.15) is 32.0 Å². The standard InChI is InChI=1S/C27H20FNO7/c28-18-8-5-15(6-9-18)13-34-14-19-12-17-11-16(7-10-21(17)35-19)26(31)29-23-24(30)20-3-1-2-4-22(20)36-25(23)27(32)33/h1-11,19H,12-14H2,(H,29,31)(H,32,33). The van der Waals surface area contributed by atoms with Crippen LogP contribution in [0.4, 0.5) is 10.1 Å². The number of para-hydroxylation sites is 1. The minimum atomic E-state index is -1.47. The van der Waals surface area contributed by atoms with Gasteiger partial charge in [0.15, 0.2) is 0 Å². The number of hydrogen-bond acceptors (Lipinski definition) is 6. The highest BCUT2D eigenvalue weighted by atomic mass is 19.1. The SMILES string of the molecule is O=C(Nc1c(C(=O)O)oc2ccccc2c1=O)c1ccc2c(c1)CC(COCc1ccc(F)cc1)O2. The lowest BCUT2D eigenvalue weighted by atomic mass is 10.1. The number of carboxylic acid groups (broad SMARTS) is 1. The third-order valence-corrected chi connectivity index (χ3v) is 5.78. The summed E-state index contributed by atoms with van der Waals surface area (Å²) in [6.07, 6.45) is 0.239. The molecule has 0 spiro atoms. The molecule has 1 aliphatic heterocycles. The van der Waals surface area contributed by atoms with Gasteiger partial charge >= 0.3 is 5.97 Å². The van der Waals surface area contributed by atoms with Gasteiger partial charge in [-0.05, 0) is 53.6 Å². The molecule has 3 aromatic carbocycles. The number of ether oxygens (including phenoxy) is 2. The lowest BCUT2D eigenvalue weighted by Crippen LogP contribution is -2.22. The molecule has 1 atom stereocenters. The molecule has 36 heavy (non-hydrogen) atoms. The number of anilines is 1. The second kappa shape index (κ2) is 9.63. The molecule has 0 aliphatic carbocycles. The van der Waals surface area contributed by atoms with Crippen molar-refractivity contribution >= 4 is 28.5 Å². The van der Waals surface area contributed by atoms with Gasteiger partial charge in [0.2, 0.25) is 11.2 Å². The largest absolute Gasteiger partial charge is 0.487 e. The summed E-state index contributed by atoms with van der Waals surface area (Å²) >= 11 is 0. The Morgan fingerprint density at radius 2 is 1.86 bits per heavy atom. The highest BCUT2D eigenvalue weighted by Gasteiger charge is 2.26. The fourth-order valence-corrected chi connectivity index (χ4v) is 4.04. The van der Waals surface area contributed by atoms with Gasteiger partial charge in [-0.1, -0.05) is 24.3 Å². The molecule has 0 saturated heterocycles. The van der Waals surface area contributed by atoms with Crippen molar-refractivity contribution < 1.29 is 33.0 Å². The first-order valence-corrected chi connectivity index (χ1v) is 11.1. The monoisotopic (exact) mass is 489 g/mol. The average Bonchev–Trinajstić information content (AvgIpc) is 3.28. The van der Waals surface area contributed by atoms with E-state index in [4.69, 9.17) is 13.9 Å². The van der Waals surface area contributed by atoms with Gasteiger partial charge in [0, 0.05) is 12.0 Å². The zero-order valence-corrected chi connectivity index (χ0v) is 18.8. The first kappa shape index (κ1) is 23.3. The molecule has 182 valence electrons. The van der Waals surface area contributed by atoms with Gasteiger partial charge in [0.1, 0.15) is 28.9 Å². The van der Waals surface area contributed by atoms with Gasteiger partial charge in [-0.25, -0.2) is 9.18 Å². The summed E-state index contributed by atoms with van der Waals surface area (Å²) in [5, 5.41) is 12.1. The Morgan fingerprint density at radius 3 is 2.64 bits per heavy atom. The van der Waals surface area contributed by atoms with E-state index in [-0.39, 0.29) is 28.5 Å². The molecule has 2 N–H and O–H groups in total. The van der Waals surface area contributed by atoms with E-state index in [2.05, 4.69) is 5.32 Å². The van der Waals surface area contributed by atoms with Crippen LogP contribution in [-0.2, 0) is 17.8 Å². The van der Waals surface area contributed by atoms with E-state index in [1.54, 1.807) is 36.4 Å². The fraction of sp³-hybridized carbons (Fsp3) is 0.148. The number of carbonyl (C=O) groups excluding carboxylic acids is 1. The lowest BCUT2D eigenvalue weighted by molar-refractivity contribution is 0.0510. The summed E-state index contributed by atoms with van der Waals surface area (Å²) in [6.45, 7) is 0.609. The highest BCUT2D eigenvalue weighted by Crippen LogP contribution is 2.30. The van der Waals surface area contributed by atoms with Gasteiger partial charge in [-0.2, -0.15) is 0 Å². The van der Waals surface area contributed by atoms with Crippen molar-refractivity contribution in [2.24, 2.45) is 0 Å². The summed E-state index contributed by atoms with van der Waals surface area (Å²) in [6, 6.07) is 17.0. The predicted molar refractivity (Wildman–Crippen MR) is 128 cm³/mol. The van der Waals surface area contributed by atoms with Crippen LogP contribution in [-0.4, -0.2) is 29.7 Å². The number of carbonyl (C=O) groups is 2. The smallest absolute Gasteiger partial charge is 0.374 e. The summed E-state index contributed by atoms with van der Waals surface area (Å²) in [5.41, 5.74) is 0.877. The van der Waals surface area contributed by atoms with Gasteiger partial charge in [-0.3, -0.25) is 9.59 Å². The molecule has 1 amide bonds. The van der Waals surface area contributed by atoms with E-state index < -0.39 is 28.8 Å². The second-order valence-corrected chi connectivity index (χ2v) is 8.30. The highest BCUT2D eigenvalue weighted by molar-refractivity contribution is 6.08. The Morgan fingerprint density at radius 1 is 1.08 bits per heavy atom. The second-order valence-electron chi connectivity index (χ2n) is 8.30. The molecule has 5 rings (SSSR count). The fourth-order valence-electron chi connectivity index (χ4n) is 4.04. The molecule has 4 aromatic rings. The summed E-state index contributed by atoms with van der Waals surface area (Å²) in [7, 11) is 0. The van der Waals surface area contributed by atoms with Gasteiger partial charge in [0.05, 0.1) is 18.6 Å². The van der Waals surface area contributed by atoms with Crippen molar-refractivity contribution in [3.8, 4) is 5.75 Å². The Kier molecular flexibility index (Phi) is 6.22. The predicted octanol–water partition coefficient (Wildman–Crippen LogP) is 4.40. The van der Waals surface area contributed by atoms with Crippen molar-refractivity contribution in [3.05, 3.63) is 105 Å². The molecule has 0 bridgehead atoms. The molecule has 1 aromatic heterocycles. The van der Waals surface area contributed by atoms with E-state index in [0.717, 1.165) is 11.1 Å². The molecular weight excluding hydrogens is 469 g/mol. The van der Waals surface area contributed by atoms with Crippen LogP contribution in [0.15, 0.2) is 75.9 Å². The van der Waals surface area contributed by atoms with E-state index in [1.165, 1.54) is 30.3 Å².